The summed E-state index contributed by atoms with van der Waals surface area (Å²) < 4.78 is 5.73. The maximum atomic E-state index is 11.9. The number of amides is 1. The first-order valence-corrected chi connectivity index (χ1v) is 8.43. The van der Waals surface area contributed by atoms with Gasteiger partial charge in [-0.2, -0.15) is 0 Å². The molecule has 1 aliphatic rings. The molecule has 0 unspecified atom stereocenters. The quantitative estimate of drug-likeness (QED) is 0.866. The molecule has 1 N–H and O–H groups in total. The summed E-state index contributed by atoms with van der Waals surface area (Å²) in [6.07, 6.45) is 1.49. The van der Waals surface area contributed by atoms with Crippen molar-refractivity contribution in [3.05, 3.63) is 15.6 Å². The Labute approximate surface area is 130 Å². The lowest BCUT2D eigenvalue weighted by molar-refractivity contribution is -0.120. The van der Waals surface area contributed by atoms with Crippen LogP contribution in [0.2, 0.25) is 0 Å². The summed E-state index contributed by atoms with van der Waals surface area (Å²) in [5, 5.41) is 3.99. The van der Waals surface area contributed by atoms with E-state index in [0.29, 0.717) is 13.0 Å². The molecule has 0 bridgehead atoms. The monoisotopic (exact) mass is 311 g/mol. The fourth-order valence-electron chi connectivity index (χ4n) is 2.57. The summed E-state index contributed by atoms with van der Waals surface area (Å²) >= 11 is 1.64. The van der Waals surface area contributed by atoms with Crippen LogP contribution in [0.5, 0.6) is 0 Å². The van der Waals surface area contributed by atoms with Crippen LogP contribution in [0.1, 0.15) is 28.9 Å². The fraction of sp³-hybridized carbons (Fsp3) is 0.733. The van der Waals surface area contributed by atoms with Crippen molar-refractivity contribution < 1.29 is 9.53 Å². The molecule has 1 amide bonds. The number of ether oxygens (including phenoxy) is 1. The predicted octanol–water partition coefficient (Wildman–Crippen LogP) is 1.53. The Hall–Kier alpha value is -0.980. The second-order valence-electron chi connectivity index (χ2n) is 5.44. The van der Waals surface area contributed by atoms with Gasteiger partial charge in [0, 0.05) is 24.5 Å². The van der Waals surface area contributed by atoms with Crippen LogP contribution in [-0.4, -0.2) is 54.7 Å². The molecule has 1 aromatic heterocycles. The number of carbonyl (C=O) groups excluding carboxylic acids is 1. The number of nitrogens with one attached hydrogen (secondary N) is 1. The zero-order chi connectivity index (χ0) is 15.2. The summed E-state index contributed by atoms with van der Waals surface area (Å²) in [5.74, 6) is 0.0477. The molecule has 6 heteroatoms. The van der Waals surface area contributed by atoms with E-state index in [4.69, 9.17) is 4.74 Å². The molecule has 1 saturated heterocycles. The minimum absolute atomic E-state index is 0.0477. The summed E-state index contributed by atoms with van der Waals surface area (Å²) in [6.45, 7) is 10.7. The molecular formula is C15H25N3O2S. The molecule has 1 atom stereocenters. The molecule has 0 aliphatic carbocycles. The molecule has 118 valence electrons. The summed E-state index contributed by atoms with van der Waals surface area (Å²) in [7, 11) is 0. The third kappa shape index (κ3) is 5.05. The number of morpholine rings is 1. The van der Waals surface area contributed by atoms with E-state index in [1.807, 2.05) is 13.8 Å². The third-order valence-electron chi connectivity index (χ3n) is 3.79. The predicted molar refractivity (Wildman–Crippen MR) is 84.8 cm³/mol. The van der Waals surface area contributed by atoms with Gasteiger partial charge in [-0.25, -0.2) is 4.98 Å². The second-order valence-corrected chi connectivity index (χ2v) is 6.84. The van der Waals surface area contributed by atoms with Gasteiger partial charge < -0.3 is 10.1 Å². The van der Waals surface area contributed by atoms with E-state index in [1.165, 1.54) is 0 Å². The lowest BCUT2D eigenvalue weighted by Gasteiger charge is -2.32. The number of aryl methyl sites for hydroxylation is 2. The van der Waals surface area contributed by atoms with E-state index < -0.39 is 0 Å². The van der Waals surface area contributed by atoms with Crippen molar-refractivity contribution in [3.8, 4) is 0 Å². The highest BCUT2D eigenvalue weighted by Crippen LogP contribution is 2.16. The minimum Gasteiger partial charge on any atom is -0.375 e. The van der Waals surface area contributed by atoms with Gasteiger partial charge in [-0.3, -0.25) is 9.69 Å². The number of nitrogens with zero attached hydrogens (tertiary/aromatic N) is 2. The first-order chi connectivity index (χ1) is 10.1. The van der Waals surface area contributed by atoms with Gasteiger partial charge >= 0.3 is 0 Å². The average molecular weight is 311 g/mol. The number of hydrogen-bond acceptors (Lipinski definition) is 5. The lowest BCUT2D eigenvalue weighted by Crippen LogP contribution is -2.43. The molecular weight excluding hydrogens is 286 g/mol. The van der Waals surface area contributed by atoms with Gasteiger partial charge in [0.15, 0.2) is 0 Å². The molecule has 21 heavy (non-hydrogen) atoms. The van der Waals surface area contributed by atoms with Crippen LogP contribution in [0.25, 0.3) is 0 Å². The van der Waals surface area contributed by atoms with E-state index in [9.17, 15) is 4.79 Å². The van der Waals surface area contributed by atoms with Crippen LogP contribution < -0.4 is 5.32 Å². The van der Waals surface area contributed by atoms with Gasteiger partial charge in [0.25, 0.3) is 0 Å². The molecule has 0 saturated carbocycles. The van der Waals surface area contributed by atoms with Crippen molar-refractivity contribution in [1.29, 1.82) is 0 Å². The fourth-order valence-corrected chi connectivity index (χ4v) is 3.40. The summed E-state index contributed by atoms with van der Waals surface area (Å²) in [5.41, 5.74) is 0.904. The first-order valence-electron chi connectivity index (χ1n) is 7.62. The SMILES string of the molecule is CCN1CCO[C@H](CCNC(=O)Cc2nc(C)sc2C)C1. The molecule has 5 nitrogen and oxygen atoms in total. The highest BCUT2D eigenvalue weighted by molar-refractivity contribution is 7.11. The summed E-state index contributed by atoms with van der Waals surface area (Å²) in [6, 6.07) is 0. The van der Waals surface area contributed by atoms with Crippen molar-refractivity contribution in [1.82, 2.24) is 15.2 Å². The van der Waals surface area contributed by atoms with Crippen LogP contribution >= 0.6 is 11.3 Å². The van der Waals surface area contributed by atoms with Crippen LogP contribution in [0.4, 0.5) is 0 Å². The van der Waals surface area contributed by atoms with Crippen molar-refractivity contribution in [2.45, 2.75) is 39.7 Å². The van der Waals surface area contributed by atoms with Crippen LogP contribution in [0.15, 0.2) is 0 Å². The third-order valence-corrected chi connectivity index (χ3v) is 4.71. The van der Waals surface area contributed by atoms with E-state index in [0.717, 1.165) is 48.2 Å². The van der Waals surface area contributed by atoms with E-state index in [-0.39, 0.29) is 12.0 Å². The Balaban J connectivity index is 1.68. The smallest absolute Gasteiger partial charge is 0.226 e. The number of thiazole rings is 1. The van der Waals surface area contributed by atoms with E-state index in [1.54, 1.807) is 11.3 Å². The highest BCUT2D eigenvalue weighted by atomic mass is 32.1. The Bertz CT molecular complexity index is 475. The largest absolute Gasteiger partial charge is 0.375 e. The lowest BCUT2D eigenvalue weighted by atomic mass is 10.2. The van der Waals surface area contributed by atoms with Gasteiger partial charge in [0.05, 0.1) is 29.8 Å². The second kappa shape index (κ2) is 7.87. The van der Waals surface area contributed by atoms with Crippen molar-refractivity contribution >= 4 is 17.2 Å². The standard InChI is InChI=1S/C15H25N3O2S/c1-4-18-7-8-20-13(10-18)5-6-16-15(19)9-14-11(2)21-12(3)17-14/h13H,4-10H2,1-3H3,(H,16,19)/t13-/m1/s1. The number of likely N-dealkylation sites (N-methyl/N-ethyl adjacent to an activating group) is 1. The zero-order valence-corrected chi connectivity index (χ0v) is 14.0. The molecule has 0 radical (unpaired) electrons. The maximum absolute atomic E-state index is 11.9. The van der Waals surface area contributed by atoms with Crippen LogP contribution in [0, 0.1) is 13.8 Å². The zero-order valence-electron chi connectivity index (χ0n) is 13.1. The Morgan fingerprint density at radius 1 is 1.52 bits per heavy atom. The number of hydrogen-bond donors (Lipinski definition) is 1. The average Bonchev–Trinajstić information content (AvgIpc) is 2.77. The van der Waals surface area contributed by atoms with Crippen molar-refractivity contribution in [2.24, 2.45) is 0 Å². The van der Waals surface area contributed by atoms with Gasteiger partial charge in [-0.05, 0) is 26.8 Å². The highest BCUT2D eigenvalue weighted by Gasteiger charge is 2.19. The Kier molecular flexibility index (Phi) is 6.14. The molecule has 2 heterocycles. The van der Waals surface area contributed by atoms with E-state index >= 15 is 0 Å². The van der Waals surface area contributed by atoms with Crippen molar-refractivity contribution in [3.63, 3.8) is 0 Å². The van der Waals surface area contributed by atoms with Crippen LogP contribution in [-0.2, 0) is 16.0 Å². The van der Waals surface area contributed by atoms with Gasteiger partial charge in [-0.15, -0.1) is 11.3 Å². The van der Waals surface area contributed by atoms with Gasteiger partial charge in [-0.1, -0.05) is 6.92 Å². The molecule has 1 aliphatic heterocycles. The number of carbonyl (C=O) groups is 1. The van der Waals surface area contributed by atoms with Crippen molar-refractivity contribution in [2.75, 3.05) is 32.8 Å². The van der Waals surface area contributed by atoms with E-state index in [2.05, 4.69) is 22.1 Å². The summed E-state index contributed by atoms with van der Waals surface area (Å²) in [4.78, 5) is 19.9. The topological polar surface area (TPSA) is 54.5 Å². The molecule has 2 rings (SSSR count). The molecule has 0 spiro atoms. The van der Waals surface area contributed by atoms with Gasteiger partial charge in [0.1, 0.15) is 0 Å². The first kappa shape index (κ1) is 16.4. The Morgan fingerprint density at radius 3 is 3.00 bits per heavy atom. The Morgan fingerprint density at radius 2 is 2.33 bits per heavy atom. The number of rotatable bonds is 6. The molecule has 1 fully saturated rings. The number of aromatic nitrogens is 1. The van der Waals surface area contributed by atoms with Gasteiger partial charge in [0.2, 0.25) is 5.91 Å². The molecule has 1 aromatic rings. The molecule has 0 aromatic carbocycles. The normalized spacial score (nSPS) is 19.7. The maximum Gasteiger partial charge on any atom is 0.226 e. The minimum atomic E-state index is 0.0477. The van der Waals surface area contributed by atoms with Crippen LogP contribution in [0.3, 0.4) is 0 Å².